The number of thiazole rings is 1. The zero-order valence-electron chi connectivity index (χ0n) is 23.4. The van der Waals surface area contributed by atoms with Crippen molar-refractivity contribution in [3.05, 3.63) is 59.3 Å². The molecular formula is C31H39N5OS2. The lowest BCUT2D eigenvalue weighted by molar-refractivity contribution is 0.151. The Hall–Kier alpha value is -2.41. The SMILES string of the molecule is CC(C)Oc1ccc(-c2ncc(-c3cccc4c3CCC4NSCCN3CCC(N(C)C)CC3)s2)cc1C#N. The van der Waals surface area contributed by atoms with E-state index in [9.17, 15) is 5.26 Å². The highest BCUT2D eigenvalue weighted by molar-refractivity contribution is 7.97. The molecule has 1 unspecified atom stereocenters. The zero-order chi connectivity index (χ0) is 27.4. The van der Waals surface area contributed by atoms with Crippen LogP contribution in [0.4, 0.5) is 0 Å². The van der Waals surface area contributed by atoms with Gasteiger partial charge in [-0.2, -0.15) is 5.26 Å². The molecule has 1 saturated heterocycles. The molecule has 5 rings (SSSR count). The first-order chi connectivity index (χ1) is 18.9. The molecule has 0 radical (unpaired) electrons. The minimum absolute atomic E-state index is 0.0252. The lowest BCUT2D eigenvalue weighted by Gasteiger charge is -2.35. The summed E-state index contributed by atoms with van der Waals surface area (Å²) in [6.45, 7) is 7.51. The van der Waals surface area contributed by atoms with E-state index in [4.69, 9.17) is 9.72 Å². The molecule has 1 atom stereocenters. The number of nitriles is 1. The van der Waals surface area contributed by atoms with E-state index in [1.807, 2.05) is 50.2 Å². The average molecular weight is 562 g/mol. The minimum Gasteiger partial charge on any atom is -0.490 e. The Morgan fingerprint density at radius 2 is 2.03 bits per heavy atom. The molecule has 1 N–H and O–H groups in total. The molecule has 0 saturated carbocycles. The van der Waals surface area contributed by atoms with E-state index in [-0.39, 0.29) is 6.10 Å². The van der Waals surface area contributed by atoms with Crippen LogP contribution in [-0.2, 0) is 6.42 Å². The van der Waals surface area contributed by atoms with Gasteiger partial charge >= 0.3 is 0 Å². The third kappa shape index (κ3) is 6.67. The molecule has 6 nitrogen and oxygen atoms in total. The zero-order valence-corrected chi connectivity index (χ0v) is 25.1. The van der Waals surface area contributed by atoms with Crippen molar-refractivity contribution in [1.29, 1.82) is 5.26 Å². The quantitative estimate of drug-likeness (QED) is 0.227. The highest BCUT2D eigenvalue weighted by Gasteiger charge is 2.26. The number of likely N-dealkylation sites (tertiary alicyclic amines) is 1. The van der Waals surface area contributed by atoms with Crippen LogP contribution < -0.4 is 9.46 Å². The van der Waals surface area contributed by atoms with Crippen molar-refractivity contribution >= 4 is 23.3 Å². The average Bonchev–Trinajstić information content (AvgIpc) is 3.59. The third-order valence-corrected chi connectivity index (χ3v) is 9.69. The number of aromatic nitrogens is 1. The Morgan fingerprint density at radius 3 is 2.77 bits per heavy atom. The van der Waals surface area contributed by atoms with Crippen LogP contribution in [0.15, 0.2) is 42.6 Å². The van der Waals surface area contributed by atoms with Gasteiger partial charge in [-0.1, -0.05) is 30.1 Å². The molecule has 1 aromatic heterocycles. The number of benzene rings is 2. The number of hydrogen-bond acceptors (Lipinski definition) is 8. The summed E-state index contributed by atoms with van der Waals surface area (Å²) in [6.07, 6.45) is 6.77. The summed E-state index contributed by atoms with van der Waals surface area (Å²) in [5.41, 5.74) is 5.64. The summed E-state index contributed by atoms with van der Waals surface area (Å²) in [6, 6.07) is 15.9. The molecule has 206 valence electrons. The van der Waals surface area contributed by atoms with Crippen LogP contribution in [0.25, 0.3) is 21.0 Å². The van der Waals surface area contributed by atoms with Gasteiger partial charge in [0.2, 0.25) is 0 Å². The number of nitrogens with one attached hydrogen (secondary N) is 1. The first kappa shape index (κ1) is 28.1. The van der Waals surface area contributed by atoms with Crippen molar-refractivity contribution in [2.24, 2.45) is 0 Å². The number of ether oxygens (including phenoxy) is 1. The molecule has 3 aromatic rings. The fourth-order valence-electron chi connectivity index (χ4n) is 5.64. The molecule has 0 amide bonds. The number of nitrogens with zero attached hydrogens (tertiary/aromatic N) is 4. The first-order valence-corrected chi connectivity index (χ1v) is 15.8. The Morgan fingerprint density at radius 1 is 1.21 bits per heavy atom. The van der Waals surface area contributed by atoms with Crippen LogP contribution in [0.1, 0.15) is 55.8 Å². The van der Waals surface area contributed by atoms with E-state index in [1.165, 1.54) is 47.5 Å². The Labute approximate surface area is 241 Å². The molecule has 2 aromatic carbocycles. The molecule has 1 aliphatic carbocycles. The van der Waals surface area contributed by atoms with Gasteiger partial charge in [-0.05, 0) is 102 Å². The molecule has 2 aliphatic rings. The smallest absolute Gasteiger partial charge is 0.137 e. The number of rotatable bonds is 10. The molecule has 0 bridgehead atoms. The fourth-order valence-corrected chi connectivity index (χ4v) is 7.52. The van der Waals surface area contributed by atoms with Gasteiger partial charge in [0.1, 0.15) is 16.8 Å². The molecule has 0 spiro atoms. The Bertz CT molecular complexity index is 1310. The van der Waals surface area contributed by atoms with E-state index in [1.54, 1.807) is 11.3 Å². The van der Waals surface area contributed by atoms with Crippen molar-refractivity contribution in [2.45, 2.75) is 57.7 Å². The van der Waals surface area contributed by atoms with Crippen LogP contribution in [0, 0.1) is 11.3 Å². The summed E-state index contributed by atoms with van der Waals surface area (Å²) in [4.78, 5) is 10.9. The van der Waals surface area contributed by atoms with Crippen molar-refractivity contribution in [3.8, 4) is 32.8 Å². The molecular weight excluding hydrogens is 523 g/mol. The predicted molar refractivity (Wildman–Crippen MR) is 163 cm³/mol. The largest absolute Gasteiger partial charge is 0.490 e. The van der Waals surface area contributed by atoms with Gasteiger partial charge in [-0.25, -0.2) is 4.98 Å². The molecule has 39 heavy (non-hydrogen) atoms. The molecule has 1 aliphatic heterocycles. The number of piperidine rings is 1. The van der Waals surface area contributed by atoms with E-state index in [0.717, 1.165) is 41.8 Å². The predicted octanol–water partition coefficient (Wildman–Crippen LogP) is 6.39. The summed E-state index contributed by atoms with van der Waals surface area (Å²) < 4.78 is 9.56. The Kier molecular flexibility index (Phi) is 9.26. The highest BCUT2D eigenvalue weighted by atomic mass is 32.2. The molecule has 1 fully saturated rings. The summed E-state index contributed by atoms with van der Waals surface area (Å²) >= 11 is 3.57. The Balaban J connectivity index is 1.21. The van der Waals surface area contributed by atoms with Crippen LogP contribution in [0.5, 0.6) is 5.75 Å². The normalized spacial score (nSPS) is 18.0. The molecule has 2 heterocycles. The standard InChI is InChI=1S/C31H39N5OS2/c1-21(2)37-29-11-8-22(18-23(29)19-32)31-33-20-30(39-31)27-7-5-6-26-25(27)9-10-28(26)34-38-17-16-36-14-12-24(13-15-36)35(3)4/h5-8,11,18,20-21,24,28,34H,9-10,12-17H2,1-4H3. The van der Waals surface area contributed by atoms with E-state index >= 15 is 0 Å². The van der Waals surface area contributed by atoms with Crippen LogP contribution in [-0.4, -0.2) is 66.4 Å². The van der Waals surface area contributed by atoms with E-state index < -0.39 is 0 Å². The van der Waals surface area contributed by atoms with Gasteiger partial charge in [0.05, 0.1) is 16.5 Å². The monoisotopic (exact) mass is 561 g/mol. The maximum absolute atomic E-state index is 9.63. The third-order valence-electron chi connectivity index (χ3n) is 7.77. The lowest BCUT2D eigenvalue weighted by atomic mass is 10.0. The van der Waals surface area contributed by atoms with Gasteiger partial charge in [-0.15, -0.1) is 11.3 Å². The van der Waals surface area contributed by atoms with E-state index in [2.05, 4.69) is 52.9 Å². The summed E-state index contributed by atoms with van der Waals surface area (Å²) in [5, 5.41) is 10.6. The fraction of sp³-hybridized carbons (Fsp3) is 0.484. The lowest BCUT2D eigenvalue weighted by Crippen LogP contribution is -2.42. The van der Waals surface area contributed by atoms with Crippen LogP contribution in [0.3, 0.4) is 0 Å². The minimum atomic E-state index is 0.0252. The highest BCUT2D eigenvalue weighted by Crippen LogP contribution is 2.41. The van der Waals surface area contributed by atoms with Gasteiger partial charge in [0.25, 0.3) is 0 Å². The van der Waals surface area contributed by atoms with Crippen molar-refractivity contribution in [1.82, 2.24) is 19.5 Å². The second-order valence-electron chi connectivity index (χ2n) is 11.0. The maximum Gasteiger partial charge on any atom is 0.137 e. The van der Waals surface area contributed by atoms with Crippen LogP contribution in [0.2, 0.25) is 0 Å². The van der Waals surface area contributed by atoms with Gasteiger partial charge < -0.3 is 14.5 Å². The summed E-state index contributed by atoms with van der Waals surface area (Å²) in [7, 11) is 4.40. The van der Waals surface area contributed by atoms with Crippen molar-refractivity contribution in [3.63, 3.8) is 0 Å². The topological polar surface area (TPSA) is 64.4 Å². The van der Waals surface area contributed by atoms with Crippen LogP contribution >= 0.6 is 23.3 Å². The number of fused-ring (bicyclic) bond motifs is 1. The van der Waals surface area contributed by atoms with Crippen molar-refractivity contribution < 1.29 is 4.74 Å². The van der Waals surface area contributed by atoms with Crippen molar-refractivity contribution in [2.75, 3.05) is 39.5 Å². The second kappa shape index (κ2) is 12.8. The van der Waals surface area contributed by atoms with E-state index in [0.29, 0.717) is 17.4 Å². The first-order valence-electron chi connectivity index (χ1n) is 14.0. The molecule has 8 heteroatoms. The van der Waals surface area contributed by atoms with Gasteiger partial charge in [0.15, 0.2) is 0 Å². The summed E-state index contributed by atoms with van der Waals surface area (Å²) in [5.74, 6) is 1.74. The van der Waals surface area contributed by atoms with Gasteiger partial charge in [0, 0.05) is 36.1 Å². The second-order valence-corrected chi connectivity index (χ2v) is 12.9. The maximum atomic E-state index is 9.63. The van der Waals surface area contributed by atoms with Gasteiger partial charge in [-0.3, -0.25) is 4.72 Å². The number of hydrogen-bond donors (Lipinski definition) is 1.